The van der Waals surface area contributed by atoms with E-state index in [1.54, 1.807) is 0 Å². The lowest BCUT2D eigenvalue weighted by Gasteiger charge is -2.31. The van der Waals surface area contributed by atoms with E-state index in [9.17, 15) is 0 Å². The Morgan fingerprint density at radius 1 is 0.591 bits per heavy atom. The summed E-state index contributed by atoms with van der Waals surface area (Å²) in [5.74, 6) is 0.940. The number of H-pyrrole nitrogens is 2. The first-order valence-corrected chi connectivity index (χ1v) is 17.3. The standard InChI is InChI=1S/C40H48N4/c1-7-11-13-29-23(5)31-19-33-27(9-3)28(10-4)34(43-33)20-32-24(6)30(14-12-8-2)36(42-32)22-38-40-26-17-15-25(16-18-26)39(40)37(44-38)21-35(29)41-31/h15,17,19-22,25-26,43-44H,7-14,16,18H2,1-6H3. The smallest absolute Gasteiger partial charge is 0.0693 e. The van der Waals surface area contributed by atoms with Gasteiger partial charge in [-0.3, -0.25) is 0 Å². The van der Waals surface area contributed by atoms with Crippen LogP contribution < -0.4 is 0 Å². The molecular weight excluding hydrogens is 536 g/mol. The van der Waals surface area contributed by atoms with E-state index >= 15 is 0 Å². The molecule has 44 heavy (non-hydrogen) atoms. The molecule has 0 spiro atoms. The molecule has 0 radical (unpaired) electrons. The van der Waals surface area contributed by atoms with Crippen LogP contribution in [0.1, 0.15) is 150 Å². The molecule has 5 aliphatic rings. The highest BCUT2D eigenvalue weighted by molar-refractivity contribution is 5.95. The molecule has 10 bridgehead atoms. The zero-order valence-corrected chi connectivity index (χ0v) is 27.6. The fraction of sp³-hybridized carbons (Fsp3) is 0.450. The third-order valence-corrected chi connectivity index (χ3v) is 10.7. The molecule has 2 N–H and O–H groups in total. The molecule has 5 heterocycles. The maximum Gasteiger partial charge on any atom is 0.0693 e. The first kappa shape index (κ1) is 29.1. The molecular formula is C40H48N4. The minimum Gasteiger partial charge on any atom is -0.355 e. The Bertz CT molecular complexity index is 1760. The van der Waals surface area contributed by atoms with Crippen LogP contribution >= 0.6 is 0 Å². The average molecular weight is 585 g/mol. The van der Waals surface area contributed by atoms with Crippen molar-refractivity contribution in [1.82, 2.24) is 19.9 Å². The summed E-state index contributed by atoms with van der Waals surface area (Å²) in [6.45, 7) is 13.7. The highest BCUT2D eigenvalue weighted by Crippen LogP contribution is 2.49. The minimum atomic E-state index is 0.470. The second-order valence-electron chi connectivity index (χ2n) is 13.3. The van der Waals surface area contributed by atoms with Crippen LogP contribution in [0.2, 0.25) is 0 Å². The predicted molar refractivity (Wildman–Crippen MR) is 188 cm³/mol. The molecule has 0 fully saturated rings. The summed E-state index contributed by atoms with van der Waals surface area (Å²) in [4.78, 5) is 18.6. The molecule has 8 rings (SSSR count). The van der Waals surface area contributed by atoms with Gasteiger partial charge >= 0.3 is 0 Å². The van der Waals surface area contributed by atoms with Gasteiger partial charge in [0.1, 0.15) is 0 Å². The predicted octanol–water partition coefficient (Wildman–Crippen LogP) is 11.2. The summed E-state index contributed by atoms with van der Waals surface area (Å²) in [7, 11) is 0. The molecule has 2 atom stereocenters. The highest BCUT2D eigenvalue weighted by Gasteiger charge is 2.33. The van der Waals surface area contributed by atoms with E-state index in [1.807, 2.05) is 0 Å². The van der Waals surface area contributed by atoms with Gasteiger partial charge in [-0.25, -0.2) is 9.97 Å². The van der Waals surface area contributed by atoms with Crippen LogP contribution in [0.5, 0.6) is 0 Å². The van der Waals surface area contributed by atoms with Crippen molar-refractivity contribution in [3.8, 4) is 0 Å². The zero-order chi connectivity index (χ0) is 30.5. The number of rotatable bonds is 8. The van der Waals surface area contributed by atoms with Crippen LogP contribution in [-0.2, 0) is 12.8 Å². The van der Waals surface area contributed by atoms with Crippen molar-refractivity contribution < 1.29 is 0 Å². The monoisotopic (exact) mass is 584 g/mol. The SMILES string of the molecule is CCCCC1=C(C)c2cc3[nH]c(cc4nc(cc5[nH]c(cc1n2)c1c5C2C=CC1CC2)C(CCCC)=C4C)c(CC)c3CC. The van der Waals surface area contributed by atoms with Gasteiger partial charge < -0.3 is 9.97 Å². The third kappa shape index (κ3) is 4.73. The minimum absolute atomic E-state index is 0.470. The molecule has 0 amide bonds. The van der Waals surface area contributed by atoms with E-state index in [1.165, 1.54) is 105 Å². The Morgan fingerprint density at radius 2 is 1.00 bits per heavy atom. The number of aromatic amines is 2. The van der Waals surface area contributed by atoms with Gasteiger partial charge in [0.15, 0.2) is 0 Å². The molecule has 3 aliphatic carbocycles. The molecule has 3 aromatic rings. The number of nitrogens with zero attached hydrogens (tertiary/aromatic N) is 2. The zero-order valence-electron chi connectivity index (χ0n) is 27.6. The van der Waals surface area contributed by atoms with E-state index in [2.05, 4.69) is 87.9 Å². The first-order chi connectivity index (χ1) is 21.4. The summed E-state index contributed by atoms with van der Waals surface area (Å²) in [6, 6.07) is 9.40. The lowest BCUT2D eigenvalue weighted by Crippen LogP contribution is -2.15. The highest BCUT2D eigenvalue weighted by atomic mass is 14.8. The number of aromatic nitrogens is 4. The van der Waals surface area contributed by atoms with Gasteiger partial charge in [-0.2, -0.15) is 0 Å². The second kappa shape index (κ2) is 11.7. The van der Waals surface area contributed by atoms with E-state index < -0.39 is 0 Å². The Kier molecular flexibility index (Phi) is 7.72. The van der Waals surface area contributed by atoms with Gasteiger partial charge in [0.05, 0.1) is 22.8 Å². The quantitative estimate of drug-likeness (QED) is 0.259. The Labute approximate surface area is 262 Å². The molecule has 0 saturated carbocycles. The number of unbranched alkanes of at least 4 members (excludes halogenated alkanes) is 2. The van der Waals surface area contributed by atoms with Gasteiger partial charge in [-0.1, -0.05) is 52.7 Å². The topological polar surface area (TPSA) is 57.4 Å². The van der Waals surface area contributed by atoms with Crippen molar-refractivity contribution in [3.05, 3.63) is 81.4 Å². The van der Waals surface area contributed by atoms with E-state index in [0.717, 1.165) is 48.5 Å². The first-order valence-electron chi connectivity index (χ1n) is 17.3. The fourth-order valence-electron chi connectivity index (χ4n) is 8.23. The van der Waals surface area contributed by atoms with Crippen molar-refractivity contribution in [2.24, 2.45) is 0 Å². The lowest BCUT2D eigenvalue weighted by atomic mass is 9.72. The van der Waals surface area contributed by atoms with Crippen LogP contribution in [0.4, 0.5) is 0 Å². The summed E-state index contributed by atoms with van der Waals surface area (Å²) in [6.07, 6.45) is 16.2. The third-order valence-electron chi connectivity index (χ3n) is 10.7. The molecule has 2 aliphatic heterocycles. The Hall–Kier alpha value is -3.66. The van der Waals surface area contributed by atoms with Gasteiger partial charge in [0, 0.05) is 33.9 Å². The molecule has 4 heteroatoms. The number of aryl methyl sites for hydroxylation is 2. The largest absolute Gasteiger partial charge is 0.355 e. The van der Waals surface area contributed by atoms with Gasteiger partial charge in [-0.05, 0) is 134 Å². The van der Waals surface area contributed by atoms with Crippen LogP contribution in [0.25, 0.3) is 44.4 Å². The normalized spacial score (nSPS) is 19.0. The molecule has 0 aromatic carbocycles. The van der Waals surface area contributed by atoms with Crippen molar-refractivity contribution in [2.75, 3.05) is 0 Å². The van der Waals surface area contributed by atoms with Gasteiger partial charge in [0.2, 0.25) is 0 Å². The van der Waals surface area contributed by atoms with E-state index in [4.69, 9.17) is 9.97 Å². The van der Waals surface area contributed by atoms with Crippen molar-refractivity contribution in [1.29, 1.82) is 0 Å². The Balaban J connectivity index is 1.61. The number of hydrogen-bond donors (Lipinski definition) is 2. The maximum atomic E-state index is 5.37. The number of nitrogens with one attached hydrogen (secondary N) is 2. The van der Waals surface area contributed by atoms with Crippen LogP contribution in [0.3, 0.4) is 0 Å². The van der Waals surface area contributed by atoms with Crippen LogP contribution in [-0.4, -0.2) is 19.9 Å². The molecule has 3 aromatic heterocycles. The van der Waals surface area contributed by atoms with Crippen LogP contribution in [0, 0.1) is 0 Å². The fourth-order valence-corrected chi connectivity index (χ4v) is 8.23. The molecule has 4 nitrogen and oxygen atoms in total. The second-order valence-corrected chi connectivity index (χ2v) is 13.3. The van der Waals surface area contributed by atoms with Gasteiger partial charge in [-0.15, -0.1) is 0 Å². The van der Waals surface area contributed by atoms with Crippen molar-refractivity contribution in [3.63, 3.8) is 0 Å². The van der Waals surface area contributed by atoms with E-state index in [-0.39, 0.29) is 0 Å². The van der Waals surface area contributed by atoms with E-state index in [0.29, 0.717) is 11.8 Å². The summed E-state index contributed by atoms with van der Waals surface area (Å²) >= 11 is 0. The lowest BCUT2D eigenvalue weighted by molar-refractivity contribution is 0.562. The molecule has 2 unspecified atom stereocenters. The summed E-state index contributed by atoms with van der Waals surface area (Å²) in [5.41, 5.74) is 20.6. The molecule has 228 valence electrons. The van der Waals surface area contributed by atoms with Crippen molar-refractivity contribution >= 4 is 44.4 Å². The summed E-state index contributed by atoms with van der Waals surface area (Å²) in [5, 5.41) is 0. The van der Waals surface area contributed by atoms with Crippen LogP contribution in [0.15, 0.2) is 36.4 Å². The Morgan fingerprint density at radius 3 is 1.39 bits per heavy atom. The number of fused-ring (bicyclic) bond motifs is 9. The average Bonchev–Trinajstić information content (AvgIpc) is 3.74. The number of hydrogen-bond acceptors (Lipinski definition) is 2. The summed E-state index contributed by atoms with van der Waals surface area (Å²) < 4.78 is 0. The van der Waals surface area contributed by atoms with Crippen molar-refractivity contribution in [2.45, 2.75) is 118 Å². The number of allylic oxidation sites excluding steroid dienone is 6. The maximum absolute atomic E-state index is 5.37. The van der Waals surface area contributed by atoms with Gasteiger partial charge in [0.25, 0.3) is 0 Å². The molecule has 0 saturated heterocycles.